The van der Waals surface area contributed by atoms with Crippen LogP contribution >= 0.6 is 22.7 Å². The van der Waals surface area contributed by atoms with Crippen LogP contribution in [-0.4, -0.2) is 28.1 Å². The summed E-state index contributed by atoms with van der Waals surface area (Å²) in [6.07, 6.45) is 5.23. The monoisotopic (exact) mass is 308 g/mol. The highest BCUT2D eigenvalue weighted by Crippen LogP contribution is 2.30. The molecule has 0 saturated heterocycles. The van der Waals surface area contributed by atoms with Crippen LogP contribution in [-0.2, 0) is 0 Å². The van der Waals surface area contributed by atoms with Gasteiger partial charge in [-0.15, -0.1) is 22.7 Å². The molecule has 1 amide bonds. The minimum atomic E-state index is -0.711. The molecule has 2 aromatic rings. The number of amides is 1. The zero-order chi connectivity index (χ0) is 14.0. The van der Waals surface area contributed by atoms with Crippen molar-refractivity contribution in [2.24, 2.45) is 0 Å². The molecule has 1 fully saturated rings. The molecular weight excluding hydrogens is 292 g/mol. The van der Waals surface area contributed by atoms with Crippen LogP contribution in [0.25, 0.3) is 9.88 Å². The van der Waals surface area contributed by atoms with Crippen LogP contribution in [0.4, 0.5) is 0 Å². The number of aliphatic hydroxyl groups is 1. The van der Waals surface area contributed by atoms with Gasteiger partial charge in [0.05, 0.1) is 16.7 Å². The van der Waals surface area contributed by atoms with Crippen LogP contribution in [0.1, 0.15) is 35.4 Å². The number of hydrogen-bond donors (Lipinski definition) is 2. The molecule has 3 rings (SSSR count). The Morgan fingerprint density at radius 2 is 2.25 bits per heavy atom. The third-order valence-electron chi connectivity index (χ3n) is 3.57. The van der Waals surface area contributed by atoms with E-state index in [4.69, 9.17) is 0 Å². The van der Waals surface area contributed by atoms with Gasteiger partial charge in [0.1, 0.15) is 9.88 Å². The summed E-state index contributed by atoms with van der Waals surface area (Å²) in [5, 5.41) is 15.9. The number of carbonyl (C=O) groups is 1. The average molecular weight is 308 g/mol. The Hall–Kier alpha value is -1.24. The number of thiophene rings is 1. The van der Waals surface area contributed by atoms with E-state index in [1.165, 1.54) is 11.3 Å². The fourth-order valence-corrected chi connectivity index (χ4v) is 4.07. The molecular formula is C14H16N2O2S2. The lowest BCUT2D eigenvalue weighted by Crippen LogP contribution is -2.40. The van der Waals surface area contributed by atoms with Gasteiger partial charge in [-0.3, -0.25) is 4.79 Å². The molecule has 0 spiro atoms. The summed E-state index contributed by atoms with van der Waals surface area (Å²) in [5.41, 5.74) is -0.711. The van der Waals surface area contributed by atoms with Crippen LogP contribution in [0.15, 0.2) is 23.7 Å². The Bertz CT molecular complexity index is 586. The zero-order valence-corrected chi connectivity index (χ0v) is 12.6. The van der Waals surface area contributed by atoms with E-state index in [0.29, 0.717) is 11.4 Å². The van der Waals surface area contributed by atoms with E-state index < -0.39 is 5.60 Å². The first-order chi connectivity index (χ1) is 9.66. The van der Waals surface area contributed by atoms with E-state index in [1.54, 1.807) is 17.5 Å². The third kappa shape index (κ3) is 2.92. The van der Waals surface area contributed by atoms with Gasteiger partial charge >= 0.3 is 0 Å². The number of nitrogens with one attached hydrogen (secondary N) is 1. The second-order valence-electron chi connectivity index (χ2n) is 5.12. The van der Waals surface area contributed by atoms with Gasteiger partial charge in [-0.1, -0.05) is 18.9 Å². The lowest BCUT2D eigenvalue weighted by atomic mass is 10.0. The van der Waals surface area contributed by atoms with Crippen LogP contribution in [0.5, 0.6) is 0 Å². The van der Waals surface area contributed by atoms with E-state index in [2.05, 4.69) is 10.3 Å². The first-order valence-electron chi connectivity index (χ1n) is 6.67. The van der Waals surface area contributed by atoms with Crippen LogP contribution in [0.3, 0.4) is 0 Å². The zero-order valence-electron chi connectivity index (χ0n) is 11.0. The van der Waals surface area contributed by atoms with Crippen molar-refractivity contribution in [2.45, 2.75) is 31.3 Å². The maximum Gasteiger partial charge on any atom is 0.263 e. The Morgan fingerprint density at radius 1 is 1.45 bits per heavy atom. The van der Waals surface area contributed by atoms with Crippen LogP contribution in [0.2, 0.25) is 0 Å². The molecule has 4 nitrogen and oxygen atoms in total. The van der Waals surface area contributed by atoms with E-state index in [-0.39, 0.29) is 5.91 Å². The van der Waals surface area contributed by atoms with Crippen molar-refractivity contribution in [1.29, 1.82) is 0 Å². The SMILES string of the molecule is O=C(NCC1(O)CCCC1)c1cnc(-c2cccs2)s1. The highest BCUT2D eigenvalue weighted by Gasteiger charge is 2.31. The largest absolute Gasteiger partial charge is 0.388 e. The minimum Gasteiger partial charge on any atom is -0.388 e. The summed E-state index contributed by atoms with van der Waals surface area (Å²) >= 11 is 3.00. The lowest BCUT2D eigenvalue weighted by molar-refractivity contribution is 0.0450. The molecule has 2 N–H and O–H groups in total. The fourth-order valence-electron chi connectivity index (χ4n) is 2.44. The van der Waals surface area contributed by atoms with Crippen LogP contribution < -0.4 is 5.32 Å². The Labute approximate surface area is 125 Å². The molecule has 0 aromatic carbocycles. The van der Waals surface area contributed by atoms with Crippen molar-refractivity contribution >= 4 is 28.6 Å². The van der Waals surface area contributed by atoms with Crippen LogP contribution in [0, 0.1) is 0 Å². The van der Waals surface area contributed by atoms with Gasteiger partial charge in [0.2, 0.25) is 0 Å². The number of nitrogens with zero attached hydrogens (tertiary/aromatic N) is 1. The topological polar surface area (TPSA) is 62.2 Å². The number of thiazole rings is 1. The third-order valence-corrected chi connectivity index (χ3v) is 5.61. The molecule has 0 radical (unpaired) electrons. The molecule has 0 unspecified atom stereocenters. The van der Waals surface area contributed by atoms with Gasteiger partial charge in [0.25, 0.3) is 5.91 Å². The quantitative estimate of drug-likeness (QED) is 0.913. The summed E-state index contributed by atoms with van der Waals surface area (Å²) < 4.78 is 0. The van der Waals surface area contributed by atoms with Gasteiger partial charge in [0, 0.05) is 6.54 Å². The maximum absolute atomic E-state index is 12.1. The summed E-state index contributed by atoms with van der Waals surface area (Å²) in [7, 11) is 0. The molecule has 2 heterocycles. The second-order valence-corrected chi connectivity index (χ2v) is 7.10. The van der Waals surface area contributed by atoms with E-state index in [9.17, 15) is 9.90 Å². The first-order valence-corrected chi connectivity index (χ1v) is 8.36. The standard InChI is InChI=1S/C14H16N2O2S2/c17-12(16-9-14(18)5-1-2-6-14)11-8-15-13(20-11)10-4-3-7-19-10/h3-4,7-8,18H,1-2,5-6,9H2,(H,16,17). The Kier molecular flexibility index (Phi) is 3.87. The molecule has 0 bridgehead atoms. The van der Waals surface area contributed by atoms with E-state index in [0.717, 1.165) is 35.6 Å². The number of carbonyl (C=O) groups excluding carboxylic acids is 1. The summed E-state index contributed by atoms with van der Waals surface area (Å²) in [6.45, 7) is 0.331. The Morgan fingerprint density at radius 3 is 2.95 bits per heavy atom. The highest BCUT2D eigenvalue weighted by atomic mass is 32.1. The molecule has 0 aliphatic heterocycles. The predicted molar refractivity (Wildman–Crippen MR) is 81.2 cm³/mol. The van der Waals surface area contributed by atoms with Crippen molar-refractivity contribution in [3.8, 4) is 9.88 Å². The summed E-state index contributed by atoms with van der Waals surface area (Å²) in [6, 6.07) is 3.96. The van der Waals surface area contributed by atoms with Gasteiger partial charge in [0.15, 0.2) is 0 Å². The van der Waals surface area contributed by atoms with Gasteiger partial charge < -0.3 is 10.4 Å². The molecule has 0 atom stereocenters. The minimum absolute atomic E-state index is 0.148. The second kappa shape index (κ2) is 5.63. The first kappa shape index (κ1) is 13.7. The highest BCUT2D eigenvalue weighted by molar-refractivity contribution is 7.21. The number of rotatable bonds is 4. The van der Waals surface area contributed by atoms with Crippen molar-refractivity contribution < 1.29 is 9.90 Å². The average Bonchev–Trinajstić information content (AvgIpc) is 3.16. The summed E-state index contributed by atoms with van der Waals surface area (Å²) in [4.78, 5) is 18.0. The smallest absolute Gasteiger partial charge is 0.263 e. The summed E-state index contributed by atoms with van der Waals surface area (Å²) in [5.74, 6) is -0.148. The van der Waals surface area contributed by atoms with E-state index in [1.807, 2.05) is 17.5 Å². The molecule has 1 aliphatic rings. The fraction of sp³-hybridized carbons (Fsp3) is 0.429. The molecule has 20 heavy (non-hydrogen) atoms. The molecule has 1 aliphatic carbocycles. The van der Waals surface area contributed by atoms with E-state index >= 15 is 0 Å². The number of hydrogen-bond acceptors (Lipinski definition) is 5. The molecule has 106 valence electrons. The van der Waals surface area contributed by atoms with Gasteiger partial charge in [-0.05, 0) is 24.3 Å². The molecule has 6 heteroatoms. The van der Waals surface area contributed by atoms with Crippen molar-refractivity contribution in [3.05, 3.63) is 28.6 Å². The lowest BCUT2D eigenvalue weighted by Gasteiger charge is -2.21. The van der Waals surface area contributed by atoms with Gasteiger partial charge in [-0.2, -0.15) is 0 Å². The predicted octanol–water partition coefficient (Wildman–Crippen LogP) is 2.91. The van der Waals surface area contributed by atoms with Gasteiger partial charge in [-0.25, -0.2) is 4.98 Å². The van der Waals surface area contributed by atoms with Crippen molar-refractivity contribution in [2.75, 3.05) is 6.54 Å². The molecule has 1 saturated carbocycles. The molecule has 2 aromatic heterocycles. The maximum atomic E-state index is 12.1. The number of aromatic nitrogens is 1. The van der Waals surface area contributed by atoms with Crippen molar-refractivity contribution in [3.63, 3.8) is 0 Å². The Balaban J connectivity index is 1.63. The van der Waals surface area contributed by atoms with Crippen molar-refractivity contribution in [1.82, 2.24) is 10.3 Å². The normalized spacial score (nSPS) is 17.2.